The van der Waals surface area contributed by atoms with Crippen molar-refractivity contribution in [3.05, 3.63) is 18.2 Å². The van der Waals surface area contributed by atoms with E-state index in [-0.39, 0.29) is 5.03 Å². The molecule has 72 valence electrons. The van der Waals surface area contributed by atoms with E-state index in [2.05, 4.69) is 4.98 Å². The molecule has 0 aromatic carbocycles. The van der Waals surface area contributed by atoms with Crippen LogP contribution in [0.15, 0.2) is 28.3 Å². The first-order chi connectivity index (χ1) is 6.04. The maximum atomic E-state index is 10.9. The second kappa shape index (κ2) is 4.30. The first-order valence-corrected chi connectivity index (χ1v) is 6.88. The van der Waals surface area contributed by atoms with E-state index in [0.29, 0.717) is 5.03 Å². The Labute approximate surface area is 85.9 Å². The summed E-state index contributed by atoms with van der Waals surface area (Å²) in [6.07, 6.45) is 0. The van der Waals surface area contributed by atoms with Gasteiger partial charge in [0, 0.05) is 10.7 Å². The lowest BCUT2D eigenvalue weighted by atomic mass is 10.5. The number of hydrogen-bond donors (Lipinski definition) is 0. The third kappa shape index (κ3) is 3.17. The summed E-state index contributed by atoms with van der Waals surface area (Å²) in [7, 11) is 1.44. The SMILES string of the molecule is CCSc1cccc(S(=O)(=O)Cl)n1. The lowest BCUT2D eigenvalue weighted by Gasteiger charge is -1.98. The smallest absolute Gasteiger partial charge is 0.229 e. The van der Waals surface area contributed by atoms with Crippen LogP contribution < -0.4 is 0 Å². The zero-order valence-electron chi connectivity index (χ0n) is 6.90. The van der Waals surface area contributed by atoms with Crippen LogP contribution in [0.5, 0.6) is 0 Å². The van der Waals surface area contributed by atoms with E-state index < -0.39 is 9.05 Å². The van der Waals surface area contributed by atoms with Crippen LogP contribution in [0.4, 0.5) is 0 Å². The molecule has 0 amide bonds. The van der Waals surface area contributed by atoms with Crippen molar-refractivity contribution in [2.75, 3.05) is 5.75 Å². The summed E-state index contributed by atoms with van der Waals surface area (Å²) in [5.41, 5.74) is 0. The lowest BCUT2D eigenvalue weighted by molar-refractivity contribution is 0.605. The van der Waals surface area contributed by atoms with Crippen molar-refractivity contribution in [2.45, 2.75) is 17.0 Å². The molecular formula is C7H8ClNO2S2. The van der Waals surface area contributed by atoms with E-state index in [1.54, 1.807) is 12.1 Å². The zero-order chi connectivity index (χ0) is 9.90. The molecule has 0 spiro atoms. The molecule has 0 N–H and O–H groups in total. The second-order valence-corrected chi connectivity index (χ2v) is 5.98. The monoisotopic (exact) mass is 237 g/mol. The van der Waals surface area contributed by atoms with Crippen LogP contribution in [0.2, 0.25) is 0 Å². The van der Waals surface area contributed by atoms with Crippen molar-refractivity contribution in [3.8, 4) is 0 Å². The van der Waals surface area contributed by atoms with Gasteiger partial charge in [-0.05, 0) is 17.9 Å². The number of hydrogen-bond acceptors (Lipinski definition) is 4. The molecule has 0 fully saturated rings. The summed E-state index contributed by atoms with van der Waals surface area (Å²) in [5, 5.41) is 0.580. The summed E-state index contributed by atoms with van der Waals surface area (Å²) in [6.45, 7) is 1.97. The Kier molecular flexibility index (Phi) is 3.58. The molecule has 0 atom stereocenters. The van der Waals surface area contributed by atoms with E-state index >= 15 is 0 Å². The van der Waals surface area contributed by atoms with E-state index in [9.17, 15) is 8.42 Å². The van der Waals surface area contributed by atoms with Gasteiger partial charge in [0.1, 0.15) is 0 Å². The Hall–Kier alpha value is -0.260. The first kappa shape index (κ1) is 10.8. The van der Waals surface area contributed by atoms with Gasteiger partial charge in [0.25, 0.3) is 9.05 Å². The Morgan fingerprint density at radius 2 is 2.23 bits per heavy atom. The van der Waals surface area contributed by atoms with Crippen LogP contribution in [0, 0.1) is 0 Å². The molecule has 0 unspecified atom stereocenters. The summed E-state index contributed by atoms with van der Waals surface area (Å²) in [5.74, 6) is 0.846. The number of aromatic nitrogens is 1. The molecule has 0 saturated carbocycles. The number of thioether (sulfide) groups is 1. The molecule has 6 heteroatoms. The summed E-state index contributed by atoms with van der Waals surface area (Å²) in [6, 6.07) is 4.75. The maximum Gasteiger partial charge on any atom is 0.278 e. The first-order valence-electron chi connectivity index (χ1n) is 3.58. The summed E-state index contributed by atoms with van der Waals surface area (Å²) < 4.78 is 21.8. The Morgan fingerprint density at radius 3 is 2.77 bits per heavy atom. The predicted octanol–water partition coefficient (Wildman–Crippen LogP) is 2.12. The minimum atomic E-state index is -3.70. The third-order valence-electron chi connectivity index (χ3n) is 1.24. The highest BCUT2D eigenvalue weighted by Gasteiger charge is 2.11. The van der Waals surface area contributed by atoms with Crippen LogP contribution in [-0.4, -0.2) is 19.2 Å². The minimum Gasteiger partial charge on any atom is -0.229 e. The molecule has 0 aliphatic carbocycles. The van der Waals surface area contributed by atoms with Gasteiger partial charge in [-0.3, -0.25) is 0 Å². The standard InChI is InChI=1S/C7H8ClNO2S2/c1-2-12-6-4-3-5-7(9-6)13(8,10)11/h3-5H,2H2,1H3. The fourth-order valence-corrected chi connectivity index (χ4v) is 2.16. The molecule has 0 aliphatic rings. The van der Waals surface area contributed by atoms with E-state index in [4.69, 9.17) is 10.7 Å². The normalized spacial score (nSPS) is 11.5. The van der Waals surface area contributed by atoms with Crippen LogP contribution in [0.3, 0.4) is 0 Å². The summed E-state index contributed by atoms with van der Waals surface area (Å²) >= 11 is 1.47. The van der Waals surface area contributed by atoms with Crippen molar-refractivity contribution in [2.24, 2.45) is 0 Å². The maximum absolute atomic E-state index is 10.9. The van der Waals surface area contributed by atoms with Crippen molar-refractivity contribution >= 4 is 31.5 Å². The quantitative estimate of drug-likeness (QED) is 0.597. The van der Waals surface area contributed by atoms with Gasteiger partial charge in [0.05, 0.1) is 5.03 Å². The second-order valence-electron chi connectivity index (χ2n) is 2.18. The van der Waals surface area contributed by atoms with Gasteiger partial charge in [-0.1, -0.05) is 13.0 Å². The number of rotatable bonds is 3. The fourth-order valence-electron chi connectivity index (χ4n) is 0.760. The Balaban J connectivity index is 3.06. The van der Waals surface area contributed by atoms with Gasteiger partial charge in [-0.2, -0.15) is 0 Å². The largest absolute Gasteiger partial charge is 0.278 e. The zero-order valence-corrected chi connectivity index (χ0v) is 9.29. The molecule has 0 aliphatic heterocycles. The summed E-state index contributed by atoms with van der Waals surface area (Å²) in [4.78, 5) is 3.88. The highest BCUT2D eigenvalue weighted by Crippen LogP contribution is 2.18. The molecule has 1 heterocycles. The lowest BCUT2D eigenvalue weighted by Crippen LogP contribution is -1.95. The van der Waals surface area contributed by atoms with Gasteiger partial charge in [-0.25, -0.2) is 13.4 Å². The molecular weight excluding hydrogens is 230 g/mol. The molecule has 0 radical (unpaired) electrons. The predicted molar refractivity (Wildman–Crippen MR) is 53.7 cm³/mol. The molecule has 0 saturated heterocycles. The third-order valence-corrected chi connectivity index (χ3v) is 3.25. The molecule has 0 bridgehead atoms. The number of pyridine rings is 1. The van der Waals surface area contributed by atoms with E-state index in [1.807, 2.05) is 6.92 Å². The Morgan fingerprint density at radius 1 is 1.54 bits per heavy atom. The number of nitrogens with zero attached hydrogens (tertiary/aromatic N) is 1. The van der Waals surface area contributed by atoms with Gasteiger partial charge in [0.2, 0.25) is 0 Å². The van der Waals surface area contributed by atoms with Gasteiger partial charge in [0.15, 0.2) is 5.03 Å². The van der Waals surface area contributed by atoms with Crippen LogP contribution in [0.1, 0.15) is 6.92 Å². The Bertz CT molecular complexity index is 391. The molecule has 1 rings (SSSR count). The van der Waals surface area contributed by atoms with Crippen molar-refractivity contribution in [1.82, 2.24) is 4.98 Å². The van der Waals surface area contributed by atoms with Crippen molar-refractivity contribution in [1.29, 1.82) is 0 Å². The van der Waals surface area contributed by atoms with Gasteiger partial charge >= 0.3 is 0 Å². The molecule has 3 nitrogen and oxygen atoms in total. The average molecular weight is 238 g/mol. The molecule has 1 aromatic rings. The van der Waals surface area contributed by atoms with Gasteiger partial charge in [-0.15, -0.1) is 11.8 Å². The topological polar surface area (TPSA) is 47.0 Å². The van der Waals surface area contributed by atoms with E-state index in [0.717, 1.165) is 5.75 Å². The molecule has 1 aromatic heterocycles. The van der Waals surface area contributed by atoms with E-state index in [1.165, 1.54) is 17.8 Å². The van der Waals surface area contributed by atoms with Crippen molar-refractivity contribution in [3.63, 3.8) is 0 Å². The van der Waals surface area contributed by atoms with Crippen LogP contribution in [0.25, 0.3) is 0 Å². The highest BCUT2D eigenvalue weighted by atomic mass is 35.7. The van der Waals surface area contributed by atoms with Crippen molar-refractivity contribution < 1.29 is 8.42 Å². The van der Waals surface area contributed by atoms with Crippen LogP contribution in [-0.2, 0) is 9.05 Å². The molecule has 13 heavy (non-hydrogen) atoms. The average Bonchev–Trinajstić information content (AvgIpc) is 2.04. The van der Waals surface area contributed by atoms with Gasteiger partial charge < -0.3 is 0 Å². The number of halogens is 1. The fraction of sp³-hybridized carbons (Fsp3) is 0.286. The minimum absolute atomic E-state index is 0.0902. The highest BCUT2D eigenvalue weighted by molar-refractivity contribution is 8.13. The van der Waals surface area contributed by atoms with Crippen LogP contribution >= 0.6 is 22.4 Å².